The first-order chi connectivity index (χ1) is 6.83. The summed E-state index contributed by atoms with van der Waals surface area (Å²) >= 11 is 0. The molecule has 2 rings (SSSR count). The van der Waals surface area contributed by atoms with Crippen LogP contribution in [0.1, 0.15) is 0 Å². The number of nitrogens with zero attached hydrogens (tertiary/aromatic N) is 1. The zero-order chi connectivity index (χ0) is 9.97. The molecule has 0 spiro atoms. The number of anilines is 1. The van der Waals surface area contributed by atoms with Crippen molar-refractivity contribution in [1.82, 2.24) is 0 Å². The third kappa shape index (κ3) is 1.37. The van der Waals surface area contributed by atoms with Gasteiger partial charge in [0.1, 0.15) is 12.4 Å². The second kappa shape index (κ2) is 3.54. The van der Waals surface area contributed by atoms with Crippen molar-refractivity contribution in [3.8, 4) is 5.75 Å². The van der Waals surface area contributed by atoms with E-state index in [1.54, 1.807) is 4.90 Å². The van der Waals surface area contributed by atoms with E-state index in [-0.39, 0.29) is 5.91 Å². The van der Waals surface area contributed by atoms with Crippen LogP contribution in [0.25, 0.3) is 0 Å². The van der Waals surface area contributed by atoms with Crippen LogP contribution >= 0.6 is 0 Å². The number of hydrogen-bond acceptors (Lipinski definition) is 2. The monoisotopic (exact) mass is 189 g/mol. The summed E-state index contributed by atoms with van der Waals surface area (Å²) in [6.07, 6.45) is 1.32. The van der Waals surface area contributed by atoms with Crippen LogP contribution in [-0.2, 0) is 4.79 Å². The molecule has 1 aliphatic rings. The van der Waals surface area contributed by atoms with Gasteiger partial charge in [-0.25, -0.2) is 0 Å². The summed E-state index contributed by atoms with van der Waals surface area (Å²) in [5, 5.41) is 0. The van der Waals surface area contributed by atoms with Gasteiger partial charge in [0.05, 0.1) is 12.2 Å². The smallest absolute Gasteiger partial charge is 0.250 e. The molecular weight excluding hydrogens is 178 g/mol. The minimum absolute atomic E-state index is 0.0826. The van der Waals surface area contributed by atoms with Crippen LogP contribution in [0.2, 0.25) is 0 Å². The van der Waals surface area contributed by atoms with E-state index in [1.165, 1.54) is 6.08 Å². The van der Waals surface area contributed by atoms with E-state index in [4.69, 9.17) is 4.74 Å². The third-order valence-electron chi connectivity index (χ3n) is 2.17. The Labute approximate surface area is 82.6 Å². The Morgan fingerprint density at radius 2 is 2.29 bits per heavy atom. The highest BCUT2D eigenvalue weighted by molar-refractivity contribution is 6.02. The fourth-order valence-corrected chi connectivity index (χ4v) is 1.51. The molecule has 0 aliphatic carbocycles. The highest BCUT2D eigenvalue weighted by Gasteiger charge is 2.20. The number of ether oxygens (including phenoxy) is 1. The van der Waals surface area contributed by atoms with Gasteiger partial charge in [0.15, 0.2) is 0 Å². The first-order valence-electron chi connectivity index (χ1n) is 4.48. The molecule has 0 unspecified atom stereocenters. The van der Waals surface area contributed by atoms with Crippen LogP contribution in [0.3, 0.4) is 0 Å². The van der Waals surface area contributed by atoms with Crippen LogP contribution < -0.4 is 9.64 Å². The van der Waals surface area contributed by atoms with Crippen LogP contribution in [0, 0.1) is 0 Å². The van der Waals surface area contributed by atoms with Crippen molar-refractivity contribution in [3.05, 3.63) is 36.9 Å². The fraction of sp³-hybridized carbons (Fsp3) is 0.182. The van der Waals surface area contributed by atoms with E-state index in [9.17, 15) is 4.79 Å². The van der Waals surface area contributed by atoms with Crippen LogP contribution in [-0.4, -0.2) is 19.1 Å². The lowest BCUT2D eigenvalue weighted by Crippen LogP contribution is -2.36. The minimum atomic E-state index is -0.0826. The van der Waals surface area contributed by atoms with Crippen molar-refractivity contribution in [2.75, 3.05) is 18.1 Å². The predicted octanol–water partition coefficient (Wildman–Crippen LogP) is 1.60. The Kier molecular flexibility index (Phi) is 2.23. The van der Waals surface area contributed by atoms with E-state index in [2.05, 4.69) is 6.58 Å². The topological polar surface area (TPSA) is 29.5 Å². The Hall–Kier alpha value is -1.77. The fourth-order valence-electron chi connectivity index (χ4n) is 1.51. The molecule has 1 heterocycles. The largest absolute Gasteiger partial charge is 0.490 e. The Bertz CT molecular complexity index is 373. The molecule has 1 amide bonds. The highest BCUT2D eigenvalue weighted by Crippen LogP contribution is 2.30. The number of fused-ring (bicyclic) bond motifs is 1. The maximum atomic E-state index is 11.5. The highest BCUT2D eigenvalue weighted by atomic mass is 16.5. The second-order valence-corrected chi connectivity index (χ2v) is 3.01. The Morgan fingerprint density at radius 3 is 3.07 bits per heavy atom. The zero-order valence-electron chi connectivity index (χ0n) is 7.77. The first-order valence-corrected chi connectivity index (χ1v) is 4.48. The molecule has 0 N–H and O–H groups in total. The normalized spacial score (nSPS) is 14.1. The Balaban J connectivity index is 2.40. The molecule has 0 fully saturated rings. The molecule has 0 saturated carbocycles. The van der Waals surface area contributed by atoms with Crippen LogP contribution in [0.5, 0.6) is 5.75 Å². The lowest BCUT2D eigenvalue weighted by Gasteiger charge is -2.28. The molecule has 0 radical (unpaired) electrons. The molecule has 72 valence electrons. The van der Waals surface area contributed by atoms with Crippen molar-refractivity contribution in [1.29, 1.82) is 0 Å². The summed E-state index contributed by atoms with van der Waals surface area (Å²) in [5.74, 6) is 0.676. The molecule has 1 aromatic carbocycles. The molecule has 3 heteroatoms. The van der Waals surface area contributed by atoms with Crippen molar-refractivity contribution in [3.63, 3.8) is 0 Å². The third-order valence-corrected chi connectivity index (χ3v) is 2.17. The maximum Gasteiger partial charge on any atom is 0.250 e. The molecule has 0 atom stereocenters. The zero-order valence-corrected chi connectivity index (χ0v) is 7.77. The van der Waals surface area contributed by atoms with Gasteiger partial charge in [-0.2, -0.15) is 0 Å². The molecule has 14 heavy (non-hydrogen) atoms. The average molecular weight is 189 g/mol. The van der Waals surface area contributed by atoms with Gasteiger partial charge in [-0.05, 0) is 18.2 Å². The van der Waals surface area contributed by atoms with Crippen molar-refractivity contribution in [2.45, 2.75) is 0 Å². The number of benzene rings is 1. The van der Waals surface area contributed by atoms with Crippen LogP contribution in [0.15, 0.2) is 36.9 Å². The molecule has 1 aromatic rings. The standard InChI is InChI=1S/C11H11NO2/c1-2-11(13)12-7-8-14-10-6-4-3-5-9(10)12/h2-6H,1,7-8H2. The molecule has 1 aliphatic heterocycles. The van der Waals surface area contributed by atoms with E-state index in [0.717, 1.165) is 11.4 Å². The molecule has 0 aromatic heterocycles. The SMILES string of the molecule is C=CC(=O)N1CCOc2ccccc21. The molecule has 0 bridgehead atoms. The van der Waals surface area contributed by atoms with Gasteiger partial charge in [0.2, 0.25) is 0 Å². The van der Waals surface area contributed by atoms with Gasteiger partial charge in [-0.3, -0.25) is 4.79 Å². The lowest BCUT2D eigenvalue weighted by molar-refractivity contribution is -0.114. The summed E-state index contributed by atoms with van der Waals surface area (Å²) in [6.45, 7) is 4.60. The van der Waals surface area contributed by atoms with Crippen molar-refractivity contribution < 1.29 is 9.53 Å². The van der Waals surface area contributed by atoms with E-state index in [0.29, 0.717) is 13.2 Å². The summed E-state index contributed by atoms with van der Waals surface area (Å²) in [7, 11) is 0. The minimum Gasteiger partial charge on any atom is -0.490 e. The number of carbonyl (C=O) groups is 1. The van der Waals surface area contributed by atoms with Crippen molar-refractivity contribution in [2.24, 2.45) is 0 Å². The van der Waals surface area contributed by atoms with E-state index >= 15 is 0 Å². The summed E-state index contributed by atoms with van der Waals surface area (Å²) in [4.78, 5) is 13.2. The van der Waals surface area contributed by atoms with E-state index in [1.807, 2.05) is 24.3 Å². The second-order valence-electron chi connectivity index (χ2n) is 3.01. The number of carbonyl (C=O) groups excluding carboxylic acids is 1. The number of para-hydroxylation sites is 2. The maximum absolute atomic E-state index is 11.5. The lowest BCUT2D eigenvalue weighted by atomic mass is 10.2. The molecule has 0 saturated heterocycles. The average Bonchev–Trinajstić information content (AvgIpc) is 2.27. The van der Waals surface area contributed by atoms with Crippen LogP contribution in [0.4, 0.5) is 5.69 Å². The summed E-state index contributed by atoms with van der Waals surface area (Å²) in [6, 6.07) is 7.51. The number of amides is 1. The van der Waals surface area contributed by atoms with E-state index < -0.39 is 0 Å². The Morgan fingerprint density at radius 1 is 1.50 bits per heavy atom. The van der Waals surface area contributed by atoms with Crippen molar-refractivity contribution >= 4 is 11.6 Å². The quantitative estimate of drug-likeness (QED) is 0.628. The van der Waals surface area contributed by atoms with Gasteiger partial charge in [0.25, 0.3) is 5.91 Å². The van der Waals surface area contributed by atoms with Gasteiger partial charge < -0.3 is 9.64 Å². The summed E-state index contributed by atoms with van der Waals surface area (Å²) < 4.78 is 5.42. The molecular formula is C11H11NO2. The summed E-state index contributed by atoms with van der Waals surface area (Å²) in [5.41, 5.74) is 0.823. The van der Waals surface area contributed by atoms with Gasteiger partial charge in [-0.15, -0.1) is 0 Å². The first kappa shape index (κ1) is 8.81. The molecule has 3 nitrogen and oxygen atoms in total. The number of rotatable bonds is 1. The number of hydrogen-bond donors (Lipinski definition) is 0. The van der Waals surface area contributed by atoms with Gasteiger partial charge >= 0.3 is 0 Å². The van der Waals surface area contributed by atoms with Gasteiger partial charge in [0, 0.05) is 0 Å². The predicted molar refractivity (Wildman–Crippen MR) is 54.5 cm³/mol. The van der Waals surface area contributed by atoms with Gasteiger partial charge in [-0.1, -0.05) is 18.7 Å².